The summed E-state index contributed by atoms with van der Waals surface area (Å²) in [6.07, 6.45) is 1.76. The molecule has 1 saturated heterocycles. The van der Waals surface area contributed by atoms with Crippen molar-refractivity contribution in [3.63, 3.8) is 0 Å². The summed E-state index contributed by atoms with van der Waals surface area (Å²) in [4.78, 5) is 18.4. The van der Waals surface area contributed by atoms with Gasteiger partial charge in [0.15, 0.2) is 5.11 Å². The first-order valence-electron chi connectivity index (χ1n) is 11.0. The van der Waals surface area contributed by atoms with Gasteiger partial charge in [0.2, 0.25) is 0 Å². The topological polar surface area (TPSA) is 76.8 Å². The Bertz CT molecular complexity index is 1350. The van der Waals surface area contributed by atoms with E-state index in [0.29, 0.717) is 27.9 Å². The molecule has 35 heavy (non-hydrogen) atoms. The van der Waals surface area contributed by atoms with Gasteiger partial charge in [0.1, 0.15) is 23.3 Å². The minimum absolute atomic E-state index is 0.241. The third-order valence-corrected chi connectivity index (χ3v) is 6.27. The fraction of sp³-hybridized carbons (Fsp3) is 0.148. The third-order valence-electron chi connectivity index (χ3n) is 5.95. The van der Waals surface area contributed by atoms with E-state index in [1.807, 2.05) is 71.6 Å². The second-order valence-corrected chi connectivity index (χ2v) is 8.33. The highest BCUT2D eigenvalue weighted by atomic mass is 32.1. The molecular weight excluding hydrogens is 462 g/mol. The van der Waals surface area contributed by atoms with Crippen LogP contribution in [0.3, 0.4) is 0 Å². The van der Waals surface area contributed by atoms with Crippen molar-refractivity contribution in [2.45, 2.75) is 12.1 Å². The number of hydrogen-bond donors (Lipinski definition) is 1. The number of furan rings is 1. The van der Waals surface area contributed by atoms with Gasteiger partial charge in [-0.05, 0) is 60.7 Å². The average Bonchev–Trinajstić information content (AvgIpc) is 3.53. The van der Waals surface area contributed by atoms with Crippen LogP contribution in [-0.4, -0.2) is 30.3 Å². The number of rotatable bonds is 6. The van der Waals surface area contributed by atoms with Crippen molar-refractivity contribution in [1.82, 2.24) is 10.3 Å². The molecule has 7 nitrogen and oxygen atoms in total. The molecule has 2 atom stereocenters. The summed E-state index contributed by atoms with van der Waals surface area (Å²) in [6.45, 7) is 0. The van der Waals surface area contributed by atoms with Crippen molar-refractivity contribution in [1.29, 1.82) is 0 Å². The number of carbonyl (C=O) groups excluding carboxylic acids is 1. The number of carbonyl (C=O) groups is 1. The Balaban J connectivity index is 1.56. The predicted molar refractivity (Wildman–Crippen MR) is 136 cm³/mol. The van der Waals surface area contributed by atoms with Crippen LogP contribution in [0.15, 0.2) is 89.5 Å². The number of methoxy groups -OCH3 is 2. The van der Waals surface area contributed by atoms with Crippen LogP contribution in [0.5, 0.6) is 5.75 Å². The number of para-hydroxylation sites is 2. The van der Waals surface area contributed by atoms with Gasteiger partial charge in [0, 0.05) is 11.8 Å². The van der Waals surface area contributed by atoms with E-state index in [1.165, 1.54) is 7.11 Å². The first-order valence-corrected chi connectivity index (χ1v) is 11.4. The second-order valence-electron chi connectivity index (χ2n) is 7.94. The number of pyridine rings is 1. The number of nitrogens with one attached hydrogen (secondary N) is 1. The van der Waals surface area contributed by atoms with Crippen LogP contribution in [0.2, 0.25) is 0 Å². The Kier molecular flexibility index (Phi) is 6.20. The van der Waals surface area contributed by atoms with Crippen LogP contribution >= 0.6 is 12.2 Å². The maximum atomic E-state index is 11.8. The van der Waals surface area contributed by atoms with Gasteiger partial charge < -0.3 is 24.1 Å². The van der Waals surface area contributed by atoms with E-state index >= 15 is 0 Å². The molecule has 176 valence electrons. The molecule has 2 aromatic carbocycles. The lowest BCUT2D eigenvalue weighted by atomic mass is 10.0. The summed E-state index contributed by atoms with van der Waals surface area (Å²) in [5.41, 5.74) is 3.00. The zero-order valence-corrected chi connectivity index (χ0v) is 20.0. The molecule has 1 fully saturated rings. The van der Waals surface area contributed by atoms with E-state index in [1.54, 1.807) is 25.4 Å². The molecular formula is C27H23N3O4S. The maximum Gasteiger partial charge on any atom is 0.337 e. The molecule has 0 amide bonds. The quantitative estimate of drug-likeness (QED) is 0.291. The summed E-state index contributed by atoms with van der Waals surface area (Å²) in [6, 6.07) is 23.9. The lowest BCUT2D eigenvalue weighted by Crippen LogP contribution is -2.29. The Morgan fingerprint density at radius 1 is 1.00 bits per heavy atom. The van der Waals surface area contributed by atoms with Crippen molar-refractivity contribution in [3.8, 4) is 17.1 Å². The van der Waals surface area contributed by atoms with Crippen molar-refractivity contribution in [3.05, 3.63) is 102 Å². The molecule has 1 aliphatic heterocycles. The standard InChI is InChI=1S/C27H23N3O4S/c1-32-22-9-4-3-8-20(22)30-25(24(29-27(30)35)19-7-5-6-16-28-19)23-15-14-21(34-23)17-10-12-18(13-11-17)26(31)33-2/h3-16,24-25H,1-2H3,(H,29,35). The number of nitrogens with zero attached hydrogens (tertiary/aromatic N) is 2. The average molecular weight is 486 g/mol. The largest absolute Gasteiger partial charge is 0.495 e. The molecule has 3 heterocycles. The molecule has 0 aliphatic carbocycles. The molecule has 0 bridgehead atoms. The van der Waals surface area contributed by atoms with Gasteiger partial charge in [-0.25, -0.2) is 4.79 Å². The number of thiocarbonyl (C=S) groups is 1. The van der Waals surface area contributed by atoms with Gasteiger partial charge in [-0.15, -0.1) is 0 Å². The lowest BCUT2D eigenvalue weighted by Gasteiger charge is -2.27. The van der Waals surface area contributed by atoms with Crippen LogP contribution < -0.4 is 15.0 Å². The highest BCUT2D eigenvalue weighted by molar-refractivity contribution is 7.80. The molecule has 1 N–H and O–H groups in total. The number of ether oxygens (including phenoxy) is 2. The van der Waals surface area contributed by atoms with Crippen molar-refractivity contribution >= 4 is 29.0 Å². The SMILES string of the molecule is COC(=O)c1ccc(-c2ccc(C3C(c4ccccn4)NC(=S)N3c3ccccc3OC)o2)cc1. The van der Waals surface area contributed by atoms with Crippen LogP contribution in [0.4, 0.5) is 5.69 Å². The van der Waals surface area contributed by atoms with Gasteiger partial charge in [0.05, 0.1) is 37.2 Å². The first-order chi connectivity index (χ1) is 17.1. The van der Waals surface area contributed by atoms with E-state index in [-0.39, 0.29) is 18.1 Å². The van der Waals surface area contributed by atoms with E-state index in [2.05, 4.69) is 10.3 Å². The molecule has 1 aliphatic rings. The molecule has 4 aromatic rings. The van der Waals surface area contributed by atoms with Gasteiger partial charge in [-0.3, -0.25) is 4.98 Å². The number of aromatic nitrogens is 1. The third kappa shape index (κ3) is 4.24. The number of anilines is 1. The van der Waals surface area contributed by atoms with Crippen LogP contribution in [0.25, 0.3) is 11.3 Å². The fourth-order valence-corrected chi connectivity index (χ4v) is 4.63. The summed E-state index contributed by atoms with van der Waals surface area (Å²) in [5, 5.41) is 3.97. The number of hydrogen-bond acceptors (Lipinski definition) is 6. The molecule has 0 radical (unpaired) electrons. The van der Waals surface area contributed by atoms with E-state index in [9.17, 15) is 4.79 Å². The summed E-state index contributed by atoms with van der Waals surface area (Å²) < 4.78 is 16.8. The number of benzene rings is 2. The van der Waals surface area contributed by atoms with E-state index < -0.39 is 0 Å². The highest BCUT2D eigenvalue weighted by Crippen LogP contribution is 2.45. The van der Waals surface area contributed by atoms with Gasteiger partial charge in [0.25, 0.3) is 0 Å². The van der Waals surface area contributed by atoms with Crippen molar-refractivity contribution < 1.29 is 18.7 Å². The van der Waals surface area contributed by atoms with E-state index in [4.69, 9.17) is 26.1 Å². The fourth-order valence-electron chi connectivity index (χ4n) is 4.29. The molecule has 5 rings (SSSR count). The maximum absolute atomic E-state index is 11.8. The Morgan fingerprint density at radius 3 is 2.49 bits per heavy atom. The molecule has 0 saturated carbocycles. The molecule has 2 aromatic heterocycles. The first kappa shape index (κ1) is 22.6. The Morgan fingerprint density at radius 2 is 1.77 bits per heavy atom. The summed E-state index contributed by atoms with van der Waals surface area (Å²) >= 11 is 5.78. The molecule has 8 heteroatoms. The molecule has 2 unspecified atom stereocenters. The van der Waals surface area contributed by atoms with Crippen LogP contribution in [0, 0.1) is 0 Å². The monoisotopic (exact) mass is 485 g/mol. The number of esters is 1. The minimum Gasteiger partial charge on any atom is -0.495 e. The smallest absolute Gasteiger partial charge is 0.337 e. The highest BCUT2D eigenvalue weighted by Gasteiger charge is 2.43. The van der Waals surface area contributed by atoms with Crippen LogP contribution in [-0.2, 0) is 4.74 Å². The predicted octanol–water partition coefficient (Wildman–Crippen LogP) is 5.31. The van der Waals surface area contributed by atoms with Crippen molar-refractivity contribution in [2.24, 2.45) is 0 Å². The van der Waals surface area contributed by atoms with Gasteiger partial charge >= 0.3 is 5.97 Å². The Hall–Kier alpha value is -4.17. The van der Waals surface area contributed by atoms with Crippen LogP contribution in [0.1, 0.15) is 33.9 Å². The summed E-state index contributed by atoms with van der Waals surface area (Å²) in [5.74, 6) is 1.71. The summed E-state index contributed by atoms with van der Waals surface area (Å²) in [7, 11) is 3.00. The minimum atomic E-state index is -0.382. The zero-order chi connectivity index (χ0) is 24.4. The van der Waals surface area contributed by atoms with E-state index in [0.717, 1.165) is 16.9 Å². The van der Waals surface area contributed by atoms with Crippen molar-refractivity contribution in [2.75, 3.05) is 19.1 Å². The zero-order valence-electron chi connectivity index (χ0n) is 19.2. The second kappa shape index (κ2) is 9.60. The van der Waals surface area contributed by atoms with Gasteiger partial charge in [-0.1, -0.05) is 30.3 Å². The molecule has 0 spiro atoms. The van der Waals surface area contributed by atoms with Gasteiger partial charge in [-0.2, -0.15) is 0 Å². The normalized spacial score (nSPS) is 17.2. The Labute approximate surface area is 208 Å². The lowest BCUT2D eigenvalue weighted by molar-refractivity contribution is 0.0600.